The number of aromatic nitrogens is 2. The summed E-state index contributed by atoms with van der Waals surface area (Å²) in [5.74, 6) is 0. The molecule has 8 heteroatoms. The number of aliphatic hydroxyl groups is 1. The predicted octanol–water partition coefficient (Wildman–Crippen LogP) is 3.52. The van der Waals surface area contributed by atoms with Crippen LogP contribution < -0.4 is 10.9 Å². The summed E-state index contributed by atoms with van der Waals surface area (Å²) in [6.45, 7) is 0.442. The fraction of sp³-hybridized carbons (Fsp3) is 0.333. The summed E-state index contributed by atoms with van der Waals surface area (Å²) in [6, 6.07) is 5.03. The molecule has 3 rings (SSSR count). The molecule has 1 aliphatic rings. The molecule has 2 aromatic rings. The van der Waals surface area contributed by atoms with Gasteiger partial charge in [-0.1, -0.05) is 34.8 Å². The van der Waals surface area contributed by atoms with Gasteiger partial charge in [0.05, 0.1) is 33.2 Å². The van der Waals surface area contributed by atoms with Crippen LogP contribution in [0.1, 0.15) is 19.3 Å². The van der Waals surface area contributed by atoms with Crippen LogP contribution in [0.2, 0.25) is 15.1 Å². The summed E-state index contributed by atoms with van der Waals surface area (Å²) in [4.78, 5) is 12.1. The van der Waals surface area contributed by atoms with Crippen molar-refractivity contribution in [2.24, 2.45) is 0 Å². The number of benzene rings is 1. The molecule has 2 N–H and O–H groups in total. The van der Waals surface area contributed by atoms with Gasteiger partial charge in [-0.2, -0.15) is 9.78 Å². The van der Waals surface area contributed by atoms with Crippen molar-refractivity contribution in [3.63, 3.8) is 0 Å². The predicted molar refractivity (Wildman–Crippen MR) is 92.2 cm³/mol. The lowest BCUT2D eigenvalue weighted by Crippen LogP contribution is -2.43. The first-order valence-corrected chi connectivity index (χ1v) is 8.22. The Balaban J connectivity index is 1.84. The number of hydrogen-bond acceptors (Lipinski definition) is 4. The number of anilines is 1. The summed E-state index contributed by atoms with van der Waals surface area (Å²) in [5.41, 5.74) is -0.000423. The van der Waals surface area contributed by atoms with E-state index in [2.05, 4.69) is 10.4 Å². The Morgan fingerprint density at radius 3 is 2.61 bits per heavy atom. The van der Waals surface area contributed by atoms with Gasteiger partial charge in [-0.25, -0.2) is 0 Å². The van der Waals surface area contributed by atoms with E-state index in [1.54, 1.807) is 18.2 Å². The zero-order valence-corrected chi connectivity index (χ0v) is 14.3. The molecule has 0 amide bonds. The lowest BCUT2D eigenvalue weighted by atomic mass is 9.80. The fourth-order valence-electron chi connectivity index (χ4n) is 2.40. The zero-order valence-electron chi connectivity index (χ0n) is 12.0. The molecule has 0 radical (unpaired) electrons. The molecular weight excluding hydrogens is 361 g/mol. The molecular formula is C15H14Cl3N3O2. The average Bonchev–Trinajstić information content (AvgIpc) is 2.50. The van der Waals surface area contributed by atoms with Crippen LogP contribution in [0.15, 0.2) is 29.2 Å². The third kappa shape index (κ3) is 3.33. The third-order valence-electron chi connectivity index (χ3n) is 3.97. The lowest BCUT2D eigenvalue weighted by Gasteiger charge is -2.37. The van der Waals surface area contributed by atoms with Crippen molar-refractivity contribution >= 4 is 40.5 Å². The highest BCUT2D eigenvalue weighted by Gasteiger charge is 2.34. The highest BCUT2D eigenvalue weighted by Crippen LogP contribution is 2.33. The van der Waals surface area contributed by atoms with Gasteiger partial charge in [-0.3, -0.25) is 4.79 Å². The summed E-state index contributed by atoms with van der Waals surface area (Å²) in [5, 5.41) is 17.6. The molecule has 0 unspecified atom stereocenters. The van der Waals surface area contributed by atoms with Crippen molar-refractivity contribution in [1.29, 1.82) is 0 Å². The summed E-state index contributed by atoms with van der Waals surface area (Å²) < 4.78 is 1.13. The van der Waals surface area contributed by atoms with Crippen LogP contribution in [0.5, 0.6) is 0 Å². The Hall–Kier alpha value is -1.27. The molecule has 0 bridgehead atoms. The van der Waals surface area contributed by atoms with E-state index in [9.17, 15) is 9.90 Å². The SMILES string of the molecule is O=c1c(Cl)c(Cl)cnn1-c1ccc(NCC2(O)CCC2)c(Cl)c1. The van der Waals surface area contributed by atoms with Crippen molar-refractivity contribution in [2.75, 3.05) is 11.9 Å². The van der Waals surface area contributed by atoms with Gasteiger partial charge in [-0.05, 0) is 37.5 Å². The fourth-order valence-corrected chi connectivity index (χ4v) is 2.89. The first kappa shape index (κ1) is 16.6. The topological polar surface area (TPSA) is 67.2 Å². The van der Waals surface area contributed by atoms with Gasteiger partial charge >= 0.3 is 0 Å². The van der Waals surface area contributed by atoms with Crippen LogP contribution in [0.3, 0.4) is 0 Å². The summed E-state index contributed by atoms with van der Waals surface area (Å²) in [7, 11) is 0. The molecule has 1 aromatic carbocycles. The zero-order chi connectivity index (χ0) is 16.6. The highest BCUT2D eigenvalue weighted by atomic mass is 35.5. The second-order valence-corrected chi connectivity index (χ2v) is 6.81. The van der Waals surface area contributed by atoms with Gasteiger partial charge in [-0.15, -0.1) is 0 Å². The Morgan fingerprint density at radius 2 is 2.00 bits per heavy atom. The first-order valence-electron chi connectivity index (χ1n) is 7.09. The van der Waals surface area contributed by atoms with Crippen LogP contribution in [0.25, 0.3) is 5.69 Å². The summed E-state index contributed by atoms with van der Waals surface area (Å²) >= 11 is 17.9. The minimum Gasteiger partial charge on any atom is -0.388 e. The monoisotopic (exact) mass is 373 g/mol. The molecule has 23 heavy (non-hydrogen) atoms. The van der Waals surface area contributed by atoms with Crippen LogP contribution in [0, 0.1) is 0 Å². The summed E-state index contributed by atoms with van der Waals surface area (Å²) in [6.07, 6.45) is 3.92. The standard InChI is InChI=1S/C15H14Cl3N3O2/c16-10-6-9(21-14(22)13(18)11(17)7-20-21)2-3-12(10)19-8-15(23)4-1-5-15/h2-3,6-7,19,23H,1,4-5,8H2. The third-order valence-corrected chi connectivity index (χ3v) is 5.03. The number of halogens is 3. The van der Waals surface area contributed by atoms with Crippen LogP contribution in [-0.2, 0) is 0 Å². The van der Waals surface area contributed by atoms with Gasteiger partial charge in [0.1, 0.15) is 5.02 Å². The normalized spacial score (nSPS) is 16.0. The van der Waals surface area contributed by atoms with E-state index in [0.29, 0.717) is 22.9 Å². The van der Waals surface area contributed by atoms with Crippen molar-refractivity contribution in [3.8, 4) is 5.69 Å². The Morgan fingerprint density at radius 1 is 1.26 bits per heavy atom. The van der Waals surface area contributed by atoms with E-state index in [-0.39, 0.29) is 10.0 Å². The van der Waals surface area contributed by atoms with Gasteiger partial charge in [0.15, 0.2) is 0 Å². The van der Waals surface area contributed by atoms with Gasteiger partial charge in [0, 0.05) is 6.54 Å². The molecule has 1 aliphatic carbocycles. The minimum absolute atomic E-state index is 0.0906. The molecule has 0 atom stereocenters. The lowest BCUT2D eigenvalue weighted by molar-refractivity contribution is -0.0201. The molecule has 0 spiro atoms. The molecule has 1 saturated carbocycles. The first-order chi connectivity index (χ1) is 10.9. The maximum Gasteiger partial charge on any atom is 0.291 e. The number of hydrogen-bond donors (Lipinski definition) is 2. The van der Waals surface area contributed by atoms with Crippen LogP contribution in [0.4, 0.5) is 5.69 Å². The Bertz CT molecular complexity index is 803. The molecule has 0 aliphatic heterocycles. The van der Waals surface area contributed by atoms with Crippen molar-refractivity contribution in [2.45, 2.75) is 24.9 Å². The number of nitrogens with zero attached hydrogens (tertiary/aromatic N) is 2. The van der Waals surface area contributed by atoms with E-state index in [1.807, 2.05) is 0 Å². The van der Waals surface area contributed by atoms with Crippen molar-refractivity contribution < 1.29 is 5.11 Å². The van der Waals surface area contributed by atoms with E-state index in [1.165, 1.54) is 6.20 Å². The van der Waals surface area contributed by atoms with Crippen molar-refractivity contribution in [3.05, 3.63) is 49.8 Å². The van der Waals surface area contributed by atoms with Crippen LogP contribution in [-0.4, -0.2) is 27.0 Å². The Kier molecular flexibility index (Phi) is 4.56. The quantitative estimate of drug-likeness (QED) is 0.859. The Labute approximate surface area is 147 Å². The maximum absolute atomic E-state index is 12.1. The molecule has 0 saturated heterocycles. The van der Waals surface area contributed by atoms with Gasteiger partial charge in [0.25, 0.3) is 5.56 Å². The second kappa shape index (κ2) is 6.32. The van der Waals surface area contributed by atoms with Gasteiger partial charge in [0.2, 0.25) is 0 Å². The molecule has 1 heterocycles. The molecule has 1 fully saturated rings. The molecule has 122 valence electrons. The van der Waals surface area contributed by atoms with E-state index < -0.39 is 11.2 Å². The second-order valence-electron chi connectivity index (χ2n) is 5.62. The highest BCUT2D eigenvalue weighted by molar-refractivity contribution is 6.41. The smallest absolute Gasteiger partial charge is 0.291 e. The average molecular weight is 375 g/mol. The minimum atomic E-state index is -0.649. The van der Waals surface area contributed by atoms with Gasteiger partial charge < -0.3 is 10.4 Å². The number of rotatable bonds is 4. The van der Waals surface area contributed by atoms with E-state index in [0.717, 1.165) is 23.9 Å². The van der Waals surface area contributed by atoms with E-state index >= 15 is 0 Å². The van der Waals surface area contributed by atoms with Crippen LogP contribution >= 0.6 is 34.8 Å². The van der Waals surface area contributed by atoms with E-state index in [4.69, 9.17) is 34.8 Å². The molecule has 1 aromatic heterocycles. The van der Waals surface area contributed by atoms with Crippen molar-refractivity contribution in [1.82, 2.24) is 9.78 Å². The molecule has 5 nitrogen and oxygen atoms in total. The largest absolute Gasteiger partial charge is 0.388 e. The number of nitrogens with one attached hydrogen (secondary N) is 1. The maximum atomic E-state index is 12.1.